The third-order valence-corrected chi connectivity index (χ3v) is 8.44. The number of oxazole rings is 1. The van der Waals surface area contributed by atoms with Crippen molar-refractivity contribution < 1.29 is 33.4 Å². The molecule has 11 heteroatoms. The molecule has 44 heavy (non-hydrogen) atoms. The van der Waals surface area contributed by atoms with Crippen LogP contribution in [0.2, 0.25) is 0 Å². The second-order valence-corrected chi connectivity index (χ2v) is 11.6. The zero-order valence-corrected chi connectivity index (χ0v) is 24.0. The lowest BCUT2D eigenvalue weighted by Gasteiger charge is -2.28. The zero-order valence-electron chi connectivity index (χ0n) is 24.0. The van der Waals surface area contributed by atoms with E-state index in [2.05, 4.69) is 20.9 Å². The molecule has 4 heterocycles. The highest BCUT2D eigenvalue weighted by atomic mass is 16.5. The number of amides is 2. The molecule has 4 bridgehead atoms. The van der Waals surface area contributed by atoms with Crippen molar-refractivity contribution in [2.75, 3.05) is 5.32 Å². The molecule has 0 fully saturated rings. The average Bonchev–Trinajstić information content (AvgIpc) is 3.68. The maximum absolute atomic E-state index is 13.8. The van der Waals surface area contributed by atoms with Crippen LogP contribution in [0.15, 0.2) is 77.2 Å². The van der Waals surface area contributed by atoms with Crippen LogP contribution >= 0.6 is 0 Å². The number of hydrogen-bond acceptors (Lipinski definition) is 8. The summed E-state index contributed by atoms with van der Waals surface area (Å²) in [5.41, 5.74) is 2.33. The van der Waals surface area contributed by atoms with Gasteiger partial charge in [-0.2, -0.15) is 0 Å². The van der Waals surface area contributed by atoms with Gasteiger partial charge in [0.15, 0.2) is 17.7 Å². The Hall–Kier alpha value is -5.32. The van der Waals surface area contributed by atoms with Gasteiger partial charge in [0.05, 0.1) is 0 Å². The Bertz CT molecular complexity index is 1790. The number of carboxylic acid groups (broad SMARTS) is 1. The highest BCUT2D eigenvalue weighted by molar-refractivity contribution is 5.89. The molecule has 1 aromatic heterocycles. The number of benzene rings is 3. The van der Waals surface area contributed by atoms with E-state index in [0.717, 1.165) is 22.4 Å². The van der Waals surface area contributed by atoms with E-state index in [4.69, 9.17) is 13.9 Å². The van der Waals surface area contributed by atoms with Crippen LogP contribution in [-0.4, -0.2) is 40.3 Å². The number of nitrogens with zero attached hydrogens (tertiary/aromatic N) is 1. The Morgan fingerprint density at radius 3 is 2.61 bits per heavy atom. The first-order valence-electron chi connectivity index (χ1n) is 14.4. The normalized spacial score (nSPS) is 22.8. The van der Waals surface area contributed by atoms with Crippen LogP contribution in [0.5, 0.6) is 5.75 Å². The van der Waals surface area contributed by atoms with Gasteiger partial charge >= 0.3 is 12.1 Å². The molecule has 3 aromatic carbocycles. The minimum absolute atomic E-state index is 0.0409. The Balaban J connectivity index is 1.35. The summed E-state index contributed by atoms with van der Waals surface area (Å²) in [5, 5.41) is 19.4. The first-order valence-corrected chi connectivity index (χ1v) is 14.4. The van der Waals surface area contributed by atoms with Crippen molar-refractivity contribution in [2.45, 2.75) is 50.6 Å². The van der Waals surface area contributed by atoms with E-state index in [-0.39, 0.29) is 36.3 Å². The van der Waals surface area contributed by atoms with E-state index in [1.54, 1.807) is 6.07 Å². The average molecular weight is 595 g/mol. The van der Waals surface area contributed by atoms with Gasteiger partial charge < -0.3 is 34.9 Å². The molecule has 4 atom stereocenters. The van der Waals surface area contributed by atoms with E-state index < -0.39 is 41.7 Å². The number of fused-ring (bicyclic) bond motifs is 4. The van der Waals surface area contributed by atoms with Gasteiger partial charge in [-0.1, -0.05) is 74.5 Å². The summed E-state index contributed by atoms with van der Waals surface area (Å²) in [6.07, 6.45) is -1.32. The maximum atomic E-state index is 13.8. The number of carbonyl (C=O) groups excluding carboxylic acids is 2. The third-order valence-electron chi connectivity index (χ3n) is 8.44. The Morgan fingerprint density at radius 1 is 1.07 bits per heavy atom. The largest absolute Gasteiger partial charge is 0.476 e. The predicted octanol–water partition coefficient (Wildman–Crippen LogP) is 4.52. The highest BCUT2D eigenvalue weighted by Crippen LogP contribution is 2.58. The van der Waals surface area contributed by atoms with Gasteiger partial charge in [0.2, 0.25) is 11.8 Å². The van der Waals surface area contributed by atoms with Gasteiger partial charge in [0, 0.05) is 17.7 Å². The van der Waals surface area contributed by atoms with E-state index in [0.29, 0.717) is 11.3 Å². The van der Waals surface area contributed by atoms with E-state index >= 15 is 0 Å². The first kappa shape index (κ1) is 27.5. The Kier molecular flexibility index (Phi) is 6.53. The van der Waals surface area contributed by atoms with Crippen molar-refractivity contribution in [2.24, 2.45) is 5.92 Å². The molecule has 1 unspecified atom stereocenters. The predicted molar refractivity (Wildman–Crippen MR) is 157 cm³/mol. The van der Waals surface area contributed by atoms with Crippen molar-refractivity contribution in [3.63, 3.8) is 0 Å². The lowest BCUT2D eigenvalue weighted by atomic mass is 9.72. The van der Waals surface area contributed by atoms with E-state index in [9.17, 15) is 19.5 Å². The van der Waals surface area contributed by atoms with Gasteiger partial charge in [0.1, 0.15) is 29.9 Å². The number of para-hydroxylation sites is 1. The number of carbonyl (C=O) groups is 3. The van der Waals surface area contributed by atoms with Crippen LogP contribution in [-0.2, 0) is 28.0 Å². The van der Waals surface area contributed by atoms with E-state index in [1.807, 2.05) is 80.6 Å². The number of anilines is 1. The maximum Gasteiger partial charge on any atom is 0.408 e. The summed E-state index contributed by atoms with van der Waals surface area (Å²) in [5.74, 6) is -1.27. The number of hydrogen-bond donors (Lipinski definition) is 4. The minimum Gasteiger partial charge on any atom is -0.476 e. The van der Waals surface area contributed by atoms with Gasteiger partial charge in [0.25, 0.3) is 0 Å². The molecule has 224 valence electrons. The molecule has 0 radical (unpaired) electrons. The molecule has 0 aliphatic carbocycles. The monoisotopic (exact) mass is 594 g/mol. The van der Waals surface area contributed by atoms with Crippen molar-refractivity contribution in [3.05, 3.63) is 112 Å². The topological polar surface area (TPSA) is 152 Å². The molecule has 11 nitrogen and oxygen atoms in total. The summed E-state index contributed by atoms with van der Waals surface area (Å²) in [6.45, 7) is 3.77. The fourth-order valence-electron chi connectivity index (χ4n) is 6.35. The molecule has 4 N–H and O–H groups in total. The Morgan fingerprint density at radius 2 is 1.84 bits per heavy atom. The number of ether oxygens (including phenoxy) is 2. The summed E-state index contributed by atoms with van der Waals surface area (Å²) >= 11 is 0. The SMILES string of the molecule is CC(C)[C@@H]1NC(=O)[C@@H](NC(=O)OCc2ccccc2)Cc2ccc3c(c2)[C@@]2(c4ccccc4NC2O3)c2oc1nc2C(=O)O. The molecular formula is C33H30N4O7. The second-order valence-electron chi connectivity index (χ2n) is 11.6. The molecule has 4 aromatic rings. The summed E-state index contributed by atoms with van der Waals surface area (Å²) in [4.78, 5) is 43.9. The van der Waals surface area contributed by atoms with Crippen LogP contribution in [0.4, 0.5) is 10.5 Å². The standard InChI is InChI=1S/C33H30N4O7/c1-17(2)25-29-37-26(30(39)40)27(44-29)33-20-10-6-7-11-22(20)34-31(33)43-24-13-12-19(14-21(24)33)15-23(28(38)36-25)35-32(41)42-16-18-8-4-3-5-9-18/h3-14,17,23,25,31,34H,15-16H2,1-2H3,(H,35,41)(H,36,38)(H,39,40)/t23-,25-,31?,33-/m0/s1. The molecule has 3 aliphatic heterocycles. The summed E-state index contributed by atoms with van der Waals surface area (Å²) < 4.78 is 18.3. The van der Waals surface area contributed by atoms with E-state index in [1.165, 1.54) is 0 Å². The molecule has 2 amide bonds. The van der Waals surface area contributed by atoms with Crippen LogP contribution in [0.25, 0.3) is 0 Å². The number of alkyl carbamates (subject to hydrolysis) is 1. The van der Waals surface area contributed by atoms with Crippen LogP contribution in [0.3, 0.4) is 0 Å². The lowest BCUT2D eigenvalue weighted by molar-refractivity contribution is -0.124. The number of aromatic carboxylic acids is 1. The van der Waals surface area contributed by atoms with Crippen molar-refractivity contribution in [1.29, 1.82) is 0 Å². The third kappa shape index (κ3) is 4.34. The van der Waals surface area contributed by atoms with Gasteiger partial charge in [-0.05, 0) is 34.7 Å². The van der Waals surface area contributed by atoms with Crippen LogP contribution in [0.1, 0.15) is 64.3 Å². The highest BCUT2D eigenvalue weighted by Gasteiger charge is 2.61. The fourth-order valence-corrected chi connectivity index (χ4v) is 6.35. The molecule has 7 rings (SSSR count). The van der Waals surface area contributed by atoms with Crippen molar-refractivity contribution in [3.8, 4) is 5.75 Å². The fraction of sp³-hybridized carbons (Fsp3) is 0.273. The minimum atomic E-state index is -1.26. The molecule has 0 saturated carbocycles. The van der Waals surface area contributed by atoms with Crippen molar-refractivity contribution in [1.82, 2.24) is 15.6 Å². The number of rotatable bonds is 5. The molecule has 3 aliphatic rings. The summed E-state index contributed by atoms with van der Waals surface area (Å²) in [6, 6.07) is 20.5. The Labute approximate surface area is 252 Å². The number of aromatic nitrogens is 1. The smallest absolute Gasteiger partial charge is 0.408 e. The second kappa shape index (κ2) is 10.4. The number of carboxylic acids is 1. The number of nitrogens with one attached hydrogen (secondary N) is 3. The summed E-state index contributed by atoms with van der Waals surface area (Å²) in [7, 11) is 0. The van der Waals surface area contributed by atoms with Crippen molar-refractivity contribution >= 4 is 23.7 Å². The van der Waals surface area contributed by atoms with Crippen LogP contribution in [0, 0.1) is 5.92 Å². The van der Waals surface area contributed by atoms with Gasteiger partial charge in [-0.15, -0.1) is 0 Å². The molecule has 0 saturated heterocycles. The lowest BCUT2D eigenvalue weighted by Crippen LogP contribution is -2.49. The van der Waals surface area contributed by atoms with Gasteiger partial charge in [-0.25, -0.2) is 14.6 Å². The first-order chi connectivity index (χ1) is 21.3. The van der Waals surface area contributed by atoms with Crippen LogP contribution < -0.4 is 20.7 Å². The quantitative estimate of drug-likeness (QED) is 0.261. The zero-order chi connectivity index (χ0) is 30.6. The molecular weight excluding hydrogens is 564 g/mol. The molecule has 1 spiro atoms. The van der Waals surface area contributed by atoms with Gasteiger partial charge in [-0.3, -0.25) is 4.79 Å².